The quantitative estimate of drug-likeness (QED) is 0.420. The minimum atomic E-state index is -4.89. The monoisotopic (exact) mass is 575 g/mol. The first-order valence-corrected chi connectivity index (χ1v) is 14.3. The Kier molecular flexibility index (Phi) is 9.42. The molecule has 3 rings (SSSR count). The summed E-state index contributed by atoms with van der Waals surface area (Å²) in [5, 5.41) is 0. The standard InChI is InChI=1S/C25H33F4N5O4S/c1-6-32(11-12-38-4)23(35)18-14-30-24(31-22(18)25(27,28)29)34-10-9-33(15-20(34)16(2)3)17-7-8-19(26)21(13-17)39(5,36)37/h7-8,13-14,16,20H,6,9-12,15H2,1-5H3. The van der Waals surface area contributed by atoms with Gasteiger partial charge in [0.2, 0.25) is 5.95 Å². The molecule has 2 aromatic rings. The van der Waals surface area contributed by atoms with Gasteiger partial charge in [0.25, 0.3) is 5.91 Å². The highest BCUT2D eigenvalue weighted by atomic mass is 32.2. The highest BCUT2D eigenvalue weighted by Gasteiger charge is 2.40. The fourth-order valence-corrected chi connectivity index (χ4v) is 5.25. The Morgan fingerprint density at radius 3 is 2.51 bits per heavy atom. The van der Waals surface area contributed by atoms with Gasteiger partial charge in [-0.05, 0) is 31.0 Å². The Morgan fingerprint density at radius 2 is 1.95 bits per heavy atom. The summed E-state index contributed by atoms with van der Waals surface area (Å²) in [7, 11) is -2.36. The van der Waals surface area contributed by atoms with Crippen LogP contribution in [-0.2, 0) is 20.8 Å². The molecule has 0 aliphatic carbocycles. The molecule has 39 heavy (non-hydrogen) atoms. The fourth-order valence-electron chi connectivity index (χ4n) is 4.49. The normalized spacial score (nSPS) is 16.6. The zero-order chi connectivity index (χ0) is 29.1. The number of likely N-dealkylation sites (N-methyl/N-ethyl adjacent to an activating group) is 1. The number of benzene rings is 1. The van der Waals surface area contributed by atoms with Crippen molar-refractivity contribution in [2.45, 2.75) is 37.9 Å². The van der Waals surface area contributed by atoms with Crippen molar-refractivity contribution in [3.05, 3.63) is 41.5 Å². The average molecular weight is 576 g/mol. The number of nitrogens with zero attached hydrogens (tertiary/aromatic N) is 5. The Hall–Kier alpha value is -3.00. The van der Waals surface area contributed by atoms with Crippen LogP contribution in [0.4, 0.5) is 29.2 Å². The van der Waals surface area contributed by atoms with Crippen LogP contribution >= 0.6 is 0 Å². The van der Waals surface area contributed by atoms with Gasteiger partial charge in [0, 0.05) is 58.0 Å². The summed E-state index contributed by atoms with van der Waals surface area (Å²) in [6.45, 7) is 6.73. The van der Waals surface area contributed by atoms with E-state index in [0.717, 1.165) is 18.5 Å². The smallest absolute Gasteiger partial charge is 0.383 e. The average Bonchev–Trinajstić information content (AvgIpc) is 2.87. The van der Waals surface area contributed by atoms with E-state index in [0.29, 0.717) is 18.8 Å². The molecule has 1 atom stereocenters. The maximum absolute atomic E-state index is 14.1. The van der Waals surface area contributed by atoms with Crippen molar-refractivity contribution in [3.63, 3.8) is 0 Å². The maximum atomic E-state index is 14.1. The van der Waals surface area contributed by atoms with Crippen molar-refractivity contribution in [2.75, 3.05) is 62.5 Å². The topological polar surface area (TPSA) is 95.9 Å². The van der Waals surface area contributed by atoms with E-state index in [2.05, 4.69) is 9.97 Å². The van der Waals surface area contributed by atoms with Gasteiger partial charge in [-0.3, -0.25) is 4.79 Å². The largest absolute Gasteiger partial charge is 0.434 e. The molecular weight excluding hydrogens is 542 g/mol. The number of rotatable bonds is 9. The van der Waals surface area contributed by atoms with Gasteiger partial charge >= 0.3 is 6.18 Å². The van der Waals surface area contributed by atoms with E-state index >= 15 is 0 Å². The summed E-state index contributed by atoms with van der Waals surface area (Å²) in [6, 6.07) is 3.46. The zero-order valence-corrected chi connectivity index (χ0v) is 23.3. The van der Waals surface area contributed by atoms with Crippen LogP contribution in [0, 0.1) is 11.7 Å². The second-order valence-corrected chi connectivity index (χ2v) is 11.6. The lowest BCUT2D eigenvalue weighted by Gasteiger charge is -2.44. The van der Waals surface area contributed by atoms with Crippen LogP contribution < -0.4 is 9.80 Å². The van der Waals surface area contributed by atoms with Gasteiger partial charge in [0.1, 0.15) is 10.7 Å². The molecular formula is C25H33F4N5O4S. The van der Waals surface area contributed by atoms with Crippen molar-refractivity contribution < 1.29 is 35.5 Å². The molecule has 1 aliphatic rings. The van der Waals surface area contributed by atoms with Crippen molar-refractivity contribution in [3.8, 4) is 0 Å². The Labute approximate surface area is 225 Å². The van der Waals surface area contributed by atoms with Gasteiger partial charge in [-0.25, -0.2) is 22.8 Å². The molecule has 9 nitrogen and oxygen atoms in total. The minimum Gasteiger partial charge on any atom is -0.383 e. The summed E-state index contributed by atoms with van der Waals surface area (Å²) >= 11 is 0. The van der Waals surface area contributed by atoms with E-state index in [9.17, 15) is 30.8 Å². The Balaban J connectivity index is 1.95. The van der Waals surface area contributed by atoms with Gasteiger partial charge in [-0.1, -0.05) is 13.8 Å². The lowest BCUT2D eigenvalue weighted by atomic mass is 9.99. The van der Waals surface area contributed by atoms with E-state index < -0.39 is 43.9 Å². The Morgan fingerprint density at radius 1 is 1.26 bits per heavy atom. The number of aromatic nitrogens is 2. The van der Waals surface area contributed by atoms with Gasteiger partial charge < -0.3 is 19.4 Å². The van der Waals surface area contributed by atoms with Gasteiger partial charge in [-0.15, -0.1) is 0 Å². The summed E-state index contributed by atoms with van der Waals surface area (Å²) in [5.74, 6) is -1.91. The van der Waals surface area contributed by atoms with Crippen molar-refractivity contribution in [2.24, 2.45) is 5.92 Å². The summed E-state index contributed by atoms with van der Waals surface area (Å²) in [6.07, 6.45) is -3.05. The molecule has 14 heteroatoms. The molecule has 1 amide bonds. The van der Waals surface area contributed by atoms with Gasteiger partial charge in [0.15, 0.2) is 15.5 Å². The minimum absolute atomic E-state index is 0.0634. The molecule has 1 fully saturated rings. The highest BCUT2D eigenvalue weighted by molar-refractivity contribution is 7.90. The first-order chi connectivity index (χ1) is 18.2. The summed E-state index contributed by atoms with van der Waals surface area (Å²) in [4.78, 5) is 25.3. The molecule has 0 spiro atoms. The molecule has 0 bridgehead atoms. The van der Waals surface area contributed by atoms with Crippen LogP contribution in [0.25, 0.3) is 0 Å². The number of piperazine rings is 1. The van der Waals surface area contributed by atoms with Gasteiger partial charge in [0.05, 0.1) is 18.2 Å². The molecule has 1 aromatic carbocycles. The van der Waals surface area contributed by atoms with Crippen LogP contribution in [0.15, 0.2) is 29.3 Å². The number of anilines is 2. The van der Waals surface area contributed by atoms with Crippen LogP contribution in [0.5, 0.6) is 0 Å². The molecule has 216 valence electrons. The third-order valence-corrected chi connectivity index (χ3v) is 7.75. The number of carbonyl (C=O) groups excluding carboxylic acids is 1. The molecule has 1 saturated heterocycles. The lowest BCUT2D eigenvalue weighted by molar-refractivity contribution is -0.141. The van der Waals surface area contributed by atoms with Gasteiger partial charge in [-0.2, -0.15) is 13.2 Å². The van der Waals surface area contributed by atoms with Crippen molar-refractivity contribution in [1.29, 1.82) is 0 Å². The Bertz CT molecular complexity index is 1290. The van der Waals surface area contributed by atoms with Crippen LogP contribution in [0.1, 0.15) is 36.8 Å². The lowest BCUT2D eigenvalue weighted by Crippen LogP contribution is -2.56. The first-order valence-electron chi connectivity index (χ1n) is 12.4. The van der Waals surface area contributed by atoms with E-state index in [1.165, 1.54) is 24.1 Å². The molecule has 0 N–H and O–H groups in total. The number of hydrogen-bond acceptors (Lipinski definition) is 8. The predicted molar refractivity (Wildman–Crippen MR) is 138 cm³/mol. The third kappa shape index (κ3) is 6.96. The van der Waals surface area contributed by atoms with E-state index in [1.54, 1.807) is 11.8 Å². The number of halogens is 4. The summed E-state index contributed by atoms with van der Waals surface area (Å²) in [5.41, 5.74) is -1.46. The molecule has 0 radical (unpaired) electrons. The number of hydrogen-bond donors (Lipinski definition) is 0. The molecule has 1 aliphatic heterocycles. The maximum Gasteiger partial charge on any atom is 0.434 e. The second-order valence-electron chi connectivity index (χ2n) is 9.65. The number of alkyl halides is 3. The van der Waals surface area contributed by atoms with E-state index in [-0.39, 0.29) is 44.1 Å². The van der Waals surface area contributed by atoms with Crippen LogP contribution in [-0.4, -0.2) is 87.9 Å². The molecule has 0 saturated carbocycles. The summed E-state index contributed by atoms with van der Waals surface area (Å²) < 4.78 is 85.3. The number of ether oxygens (including phenoxy) is 1. The van der Waals surface area contributed by atoms with Crippen LogP contribution in [0.3, 0.4) is 0 Å². The van der Waals surface area contributed by atoms with Crippen LogP contribution in [0.2, 0.25) is 0 Å². The zero-order valence-electron chi connectivity index (χ0n) is 22.5. The molecule has 1 aromatic heterocycles. The van der Waals surface area contributed by atoms with E-state index in [4.69, 9.17) is 4.74 Å². The first kappa shape index (κ1) is 30.5. The SMILES string of the molecule is CCN(CCOC)C(=O)c1cnc(N2CCN(c3ccc(F)c(S(C)(=O)=O)c3)CC2C(C)C)nc1C(F)(F)F. The van der Waals surface area contributed by atoms with E-state index in [1.807, 2.05) is 18.7 Å². The van der Waals surface area contributed by atoms with Crippen molar-refractivity contribution >= 4 is 27.4 Å². The number of sulfone groups is 1. The van der Waals surface area contributed by atoms with Crippen molar-refractivity contribution in [1.82, 2.24) is 14.9 Å². The second kappa shape index (κ2) is 12.0. The number of carbonyl (C=O) groups is 1. The number of amides is 1. The predicted octanol–water partition coefficient (Wildman–Crippen LogP) is 3.50. The fraction of sp³-hybridized carbons (Fsp3) is 0.560. The highest BCUT2D eigenvalue weighted by Crippen LogP contribution is 2.34. The third-order valence-electron chi connectivity index (χ3n) is 6.63. The molecule has 2 heterocycles. The molecule has 1 unspecified atom stereocenters. The number of methoxy groups -OCH3 is 1.